The van der Waals surface area contributed by atoms with E-state index in [1.165, 1.54) is 6.07 Å². The molecule has 0 aliphatic heterocycles. The summed E-state index contributed by atoms with van der Waals surface area (Å²) in [6.07, 6.45) is 1.59. The molecule has 0 aliphatic rings. The van der Waals surface area contributed by atoms with Gasteiger partial charge in [0.15, 0.2) is 0 Å². The van der Waals surface area contributed by atoms with Crippen LogP contribution in [0.2, 0.25) is 10.0 Å². The van der Waals surface area contributed by atoms with Crippen LogP contribution in [-0.2, 0) is 6.54 Å². The molecule has 24 heavy (non-hydrogen) atoms. The molecule has 0 spiro atoms. The molecule has 0 bridgehead atoms. The normalized spacial score (nSPS) is 10.5. The van der Waals surface area contributed by atoms with Crippen molar-refractivity contribution in [1.29, 1.82) is 0 Å². The highest BCUT2D eigenvalue weighted by molar-refractivity contribution is 6.35. The zero-order valence-electron chi connectivity index (χ0n) is 12.4. The summed E-state index contributed by atoms with van der Waals surface area (Å²) >= 11 is 12.1. The van der Waals surface area contributed by atoms with Gasteiger partial charge in [0.1, 0.15) is 11.6 Å². The summed E-state index contributed by atoms with van der Waals surface area (Å²) in [7, 11) is 0. The molecule has 3 rings (SSSR count). The minimum absolute atomic E-state index is 0.273. The van der Waals surface area contributed by atoms with Crippen LogP contribution in [0, 0.1) is 5.82 Å². The molecule has 0 unspecified atom stereocenters. The largest absolute Gasteiger partial charge is 0.350 e. The Labute approximate surface area is 148 Å². The molecule has 4 nitrogen and oxygen atoms in total. The SMILES string of the molecule is Fc1ccccc1CNc1nccc(Nc2cc(Cl)ccc2Cl)n1. The summed E-state index contributed by atoms with van der Waals surface area (Å²) in [5.74, 6) is 0.650. The lowest BCUT2D eigenvalue weighted by molar-refractivity contribution is 0.612. The third kappa shape index (κ3) is 4.13. The van der Waals surface area contributed by atoms with Crippen molar-refractivity contribution < 1.29 is 4.39 Å². The predicted molar refractivity (Wildman–Crippen MR) is 95.5 cm³/mol. The Morgan fingerprint density at radius 2 is 1.88 bits per heavy atom. The van der Waals surface area contributed by atoms with Crippen LogP contribution >= 0.6 is 23.2 Å². The first-order valence-electron chi connectivity index (χ1n) is 7.14. The quantitative estimate of drug-likeness (QED) is 0.648. The molecule has 0 amide bonds. The molecule has 0 fully saturated rings. The maximum absolute atomic E-state index is 13.6. The molecule has 0 saturated heterocycles. The number of aromatic nitrogens is 2. The summed E-state index contributed by atoms with van der Waals surface area (Å²) in [4.78, 5) is 8.45. The van der Waals surface area contributed by atoms with E-state index in [9.17, 15) is 4.39 Å². The fourth-order valence-electron chi connectivity index (χ4n) is 2.06. The Bertz CT molecular complexity index is 857. The standard InChI is InChI=1S/C17H13Cl2FN4/c18-12-5-6-13(19)15(9-12)23-16-7-8-21-17(24-16)22-10-11-3-1-2-4-14(11)20/h1-9H,10H2,(H2,21,22,23,24). The molecule has 122 valence electrons. The van der Waals surface area contributed by atoms with Crippen molar-refractivity contribution in [2.45, 2.75) is 6.54 Å². The van der Waals surface area contributed by atoms with Gasteiger partial charge in [-0.15, -0.1) is 0 Å². The molecule has 0 radical (unpaired) electrons. The summed E-state index contributed by atoms with van der Waals surface area (Å²) in [6.45, 7) is 0.286. The Morgan fingerprint density at radius 1 is 1.04 bits per heavy atom. The lowest BCUT2D eigenvalue weighted by Gasteiger charge is -2.10. The highest BCUT2D eigenvalue weighted by Gasteiger charge is 2.05. The van der Waals surface area contributed by atoms with Crippen LogP contribution in [-0.4, -0.2) is 9.97 Å². The first-order valence-corrected chi connectivity index (χ1v) is 7.90. The van der Waals surface area contributed by atoms with Gasteiger partial charge in [0.25, 0.3) is 0 Å². The lowest BCUT2D eigenvalue weighted by Crippen LogP contribution is -2.06. The molecular formula is C17H13Cl2FN4. The van der Waals surface area contributed by atoms with Crippen molar-refractivity contribution in [3.63, 3.8) is 0 Å². The number of benzene rings is 2. The molecule has 0 atom stereocenters. The molecule has 2 aromatic carbocycles. The molecule has 0 saturated carbocycles. The second-order valence-electron chi connectivity index (χ2n) is 4.96. The molecule has 1 heterocycles. The van der Waals surface area contributed by atoms with Gasteiger partial charge in [-0.05, 0) is 30.3 Å². The number of hydrogen-bond acceptors (Lipinski definition) is 4. The van der Waals surface area contributed by atoms with Crippen LogP contribution in [0.1, 0.15) is 5.56 Å². The van der Waals surface area contributed by atoms with E-state index in [1.54, 1.807) is 48.7 Å². The van der Waals surface area contributed by atoms with Crippen molar-refractivity contribution in [2.75, 3.05) is 10.6 Å². The van der Waals surface area contributed by atoms with Crippen molar-refractivity contribution in [2.24, 2.45) is 0 Å². The van der Waals surface area contributed by atoms with E-state index < -0.39 is 0 Å². The number of halogens is 3. The van der Waals surface area contributed by atoms with Gasteiger partial charge < -0.3 is 10.6 Å². The van der Waals surface area contributed by atoms with E-state index in [0.717, 1.165) is 0 Å². The van der Waals surface area contributed by atoms with Gasteiger partial charge in [-0.25, -0.2) is 9.37 Å². The maximum atomic E-state index is 13.6. The van der Waals surface area contributed by atoms with Crippen LogP contribution in [0.5, 0.6) is 0 Å². The Hall–Kier alpha value is -2.37. The second-order valence-corrected chi connectivity index (χ2v) is 5.80. The zero-order valence-corrected chi connectivity index (χ0v) is 13.9. The van der Waals surface area contributed by atoms with E-state index in [4.69, 9.17) is 23.2 Å². The van der Waals surface area contributed by atoms with Gasteiger partial charge >= 0.3 is 0 Å². The Balaban J connectivity index is 1.72. The van der Waals surface area contributed by atoms with Crippen molar-refractivity contribution in [1.82, 2.24) is 9.97 Å². The van der Waals surface area contributed by atoms with Gasteiger partial charge in [0.2, 0.25) is 5.95 Å². The first kappa shape index (κ1) is 16.5. The molecule has 2 N–H and O–H groups in total. The molecular weight excluding hydrogens is 350 g/mol. The van der Waals surface area contributed by atoms with E-state index in [1.807, 2.05) is 0 Å². The fourth-order valence-corrected chi connectivity index (χ4v) is 2.40. The van der Waals surface area contributed by atoms with Gasteiger partial charge in [-0.1, -0.05) is 41.4 Å². The molecule has 0 aliphatic carbocycles. The van der Waals surface area contributed by atoms with Crippen LogP contribution < -0.4 is 10.6 Å². The van der Waals surface area contributed by atoms with E-state index in [-0.39, 0.29) is 12.4 Å². The third-order valence-corrected chi connectivity index (χ3v) is 3.81. The van der Waals surface area contributed by atoms with E-state index in [0.29, 0.717) is 33.1 Å². The van der Waals surface area contributed by atoms with E-state index >= 15 is 0 Å². The number of nitrogens with one attached hydrogen (secondary N) is 2. The minimum atomic E-state index is -0.273. The predicted octanol–water partition coefficient (Wildman–Crippen LogP) is 5.28. The summed E-state index contributed by atoms with van der Waals surface area (Å²) in [5, 5.41) is 7.16. The summed E-state index contributed by atoms with van der Waals surface area (Å²) < 4.78 is 13.6. The minimum Gasteiger partial charge on any atom is -0.350 e. The fraction of sp³-hybridized carbons (Fsp3) is 0.0588. The smallest absolute Gasteiger partial charge is 0.224 e. The lowest BCUT2D eigenvalue weighted by atomic mass is 10.2. The highest BCUT2D eigenvalue weighted by atomic mass is 35.5. The third-order valence-electron chi connectivity index (χ3n) is 3.24. The second kappa shape index (κ2) is 7.47. The first-order chi connectivity index (χ1) is 11.6. The number of hydrogen-bond donors (Lipinski definition) is 2. The molecule has 3 aromatic rings. The van der Waals surface area contributed by atoms with E-state index in [2.05, 4.69) is 20.6 Å². The highest BCUT2D eigenvalue weighted by Crippen LogP contribution is 2.27. The van der Waals surface area contributed by atoms with Gasteiger partial charge in [0.05, 0.1) is 10.7 Å². The van der Waals surface area contributed by atoms with Crippen molar-refractivity contribution >= 4 is 40.7 Å². The van der Waals surface area contributed by atoms with Crippen LogP contribution in [0.4, 0.5) is 21.8 Å². The summed E-state index contributed by atoms with van der Waals surface area (Å²) in [5.41, 5.74) is 1.18. The zero-order chi connectivity index (χ0) is 16.9. The topological polar surface area (TPSA) is 49.8 Å². The Morgan fingerprint density at radius 3 is 2.71 bits per heavy atom. The van der Waals surface area contributed by atoms with Crippen LogP contribution in [0.3, 0.4) is 0 Å². The molecule has 1 aromatic heterocycles. The Kier molecular flexibility index (Phi) is 5.13. The van der Waals surface area contributed by atoms with Crippen molar-refractivity contribution in [3.8, 4) is 0 Å². The van der Waals surface area contributed by atoms with Gasteiger partial charge in [-0.2, -0.15) is 4.98 Å². The van der Waals surface area contributed by atoms with Gasteiger partial charge in [-0.3, -0.25) is 0 Å². The average Bonchev–Trinajstić information content (AvgIpc) is 2.58. The number of anilines is 3. The maximum Gasteiger partial charge on any atom is 0.224 e. The van der Waals surface area contributed by atoms with Crippen LogP contribution in [0.25, 0.3) is 0 Å². The van der Waals surface area contributed by atoms with Gasteiger partial charge in [0, 0.05) is 23.3 Å². The van der Waals surface area contributed by atoms with Crippen molar-refractivity contribution in [3.05, 3.63) is 76.2 Å². The van der Waals surface area contributed by atoms with Crippen LogP contribution in [0.15, 0.2) is 54.7 Å². The molecule has 7 heteroatoms. The average molecular weight is 363 g/mol. The number of nitrogens with zero attached hydrogens (tertiary/aromatic N) is 2. The summed E-state index contributed by atoms with van der Waals surface area (Å²) in [6, 6.07) is 13.4. The monoisotopic (exact) mass is 362 g/mol. The number of rotatable bonds is 5.